The molecule has 88 valence electrons. The summed E-state index contributed by atoms with van der Waals surface area (Å²) in [5.74, 6) is 1.16. The topological polar surface area (TPSA) is 64.7 Å². The largest absolute Gasteiger partial charge is 0.506 e. The molecular weight excluding hydrogens is 206 g/mol. The van der Waals surface area contributed by atoms with Gasteiger partial charge >= 0.3 is 0 Å². The van der Waals surface area contributed by atoms with E-state index in [1.165, 1.54) is 0 Å². The molecule has 4 nitrogen and oxygen atoms in total. The zero-order valence-electron chi connectivity index (χ0n) is 9.19. The van der Waals surface area contributed by atoms with Crippen LogP contribution in [0.1, 0.15) is 12.8 Å². The van der Waals surface area contributed by atoms with E-state index in [0.29, 0.717) is 24.0 Å². The zero-order chi connectivity index (χ0) is 11.4. The molecule has 0 bridgehead atoms. The van der Waals surface area contributed by atoms with Crippen molar-refractivity contribution in [2.45, 2.75) is 12.8 Å². The molecule has 0 unspecified atom stereocenters. The molecule has 0 amide bonds. The van der Waals surface area contributed by atoms with Gasteiger partial charge in [0.25, 0.3) is 0 Å². The summed E-state index contributed by atoms with van der Waals surface area (Å²) < 4.78 is 10.9. The van der Waals surface area contributed by atoms with Gasteiger partial charge in [-0.2, -0.15) is 0 Å². The number of phenols is 1. The van der Waals surface area contributed by atoms with Gasteiger partial charge in [-0.1, -0.05) is 6.07 Å². The lowest BCUT2D eigenvalue weighted by molar-refractivity contribution is 0.0498. The van der Waals surface area contributed by atoms with Gasteiger partial charge in [-0.15, -0.1) is 0 Å². The second kappa shape index (κ2) is 5.07. The van der Waals surface area contributed by atoms with E-state index >= 15 is 0 Å². The third-order valence-electron chi connectivity index (χ3n) is 2.86. The molecule has 1 fully saturated rings. The molecule has 3 N–H and O–H groups in total. The van der Waals surface area contributed by atoms with Crippen LogP contribution in [-0.2, 0) is 4.74 Å². The lowest BCUT2D eigenvalue weighted by atomic mass is 10.0. The second-order valence-corrected chi connectivity index (χ2v) is 4.06. The highest BCUT2D eigenvalue weighted by Gasteiger charge is 2.15. The molecule has 0 aromatic heterocycles. The number of para-hydroxylation sites is 1. The van der Waals surface area contributed by atoms with E-state index in [-0.39, 0.29) is 5.75 Å². The highest BCUT2D eigenvalue weighted by atomic mass is 16.5. The van der Waals surface area contributed by atoms with Gasteiger partial charge in [0.1, 0.15) is 17.2 Å². The number of aromatic hydroxyl groups is 1. The maximum absolute atomic E-state index is 9.41. The van der Waals surface area contributed by atoms with E-state index in [4.69, 9.17) is 15.2 Å². The average molecular weight is 223 g/mol. The van der Waals surface area contributed by atoms with Crippen LogP contribution in [0.3, 0.4) is 0 Å². The molecule has 0 aliphatic carbocycles. The van der Waals surface area contributed by atoms with Crippen molar-refractivity contribution in [3.8, 4) is 11.5 Å². The summed E-state index contributed by atoms with van der Waals surface area (Å²) in [5, 5.41) is 9.41. The highest BCUT2D eigenvalue weighted by molar-refractivity contribution is 5.61. The Morgan fingerprint density at radius 3 is 2.88 bits per heavy atom. The molecule has 2 rings (SSSR count). The van der Waals surface area contributed by atoms with E-state index in [2.05, 4.69) is 0 Å². The van der Waals surface area contributed by atoms with Crippen LogP contribution in [0, 0.1) is 5.92 Å². The van der Waals surface area contributed by atoms with Crippen LogP contribution >= 0.6 is 0 Å². The van der Waals surface area contributed by atoms with Gasteiger partial charge in [-0.25, -0.2) is 0 Å². The fourth-order valence-electron chi connectivity index (χ4n) is 1.78. The molecule has 1 aliphatic rings. The third kappa shape index (κ3) is 2.58. The summed E-state index contributed by atoms with van der Waals surface area (Å²) in [4.78, 5) is 0. The normalized spacial score (nSPS) is 17.2. The van der Waals surface area contributed by atoms with Crippen LogP contribution in [0.25, 0.3) is 0 Å². The minimum Gasteiger partial charge on any atom is -0.506 e. The van der Waals surface area contributed by atoms with Crippen LogP contribution in [-0.4, -0.2) is 24.9 Å². The van der Waals surface area contributed by atoms with E-state index in [1.807, 2.05) is 0 Å². The number of nitrogen functional groups attached to an aromatic ring is 1. The molecule has 0 saturated carbocycles. The average Bonchev–Trinajstić information content (AvgIpc) is 2.32. The molecule has 1 aromatic carbocycles. The van der Waals surface area contributed by atoms with Crippen molar-refractivity contribution in [2.24, 2.45) is 5.92 Å². The van der Waals surface area contributed by atoms with Crippen molar-refractivity contribution in [1.29, 1.82) is 0 Å². The Morgan fingerprint density at radius 1 is 1.38 bits per heavy atom. The van der Waals surface area contributed by atoms with Gasteiger partial charge in [-0.05, 0) is 30.9 Å². The van der Waals surface area contributed by atoms with E-state index in [0.717, 1.165) is 26.1 Å². The summed E-state index contributed by atoms with van der Waals surface area (Å²) in [7, 11) is 0. The van der Waals surface area contributed by atoms with Crippen LogP contribution in [0.5, 0.6) is 11.5 Å². The van der Waals surface area contributed by atoms with Crippen molar-refractivity contribution in [1.82, 2.24) is 0 Å². The van der Waals surface area contributed by atoms with Crippen molar-refractivity contribution < 1.29 is 14.6 Å². The number of rotatable bonds is 3. The Balaban J connectivity index is 1.91. The van der Waals surface area contributed by atoms with Gasteiger partial charge in [0, 0.05) is 13.2 Å². The number of ether oxygens (including phenoxy) is 2. The fraction of sp³-hybridized carbons (Fsp3) is 0.500. The first-order valence-corrected chi connectivity index (χ1v) is 5.55. The quantitative estimate of drug-likeness (QED) is 0.605. The minimum absolute atomic E-state index is 0.0736. The van der Waals surface area contributed by atoms with E-state index < -0.39 is 0 Å². The lowest BCUT2D eigenvalue weighted by Gasteiger charge is -2.22. The SMILES string of the molecule is Nc1c(O)cccc1OCC1CCOCC1. The predicted molar refractivity (Wildman–Crippen MR) is 61.6 cm³/mol. The van der Waals surface area contributed by atoms with Crippen molar-refractivity contribution >= 4 is 5.69 Å². The number of hydrogen-bond donors (Lipinski definition) is 2. The standard InChI is InChI=1S/C12H17NO3/c13-12-10(14)2-1-3-11(12)16-8-9-4-6-15-7-5-9/h1-3,9,14H,4-8,13H2. The summed E-state index contributed by atoms with van der Waals surface area (Å²) in [6, 6.07) is 5.05. The van der Waals surface area contributed by atoms with Crippen LogP contribution < -0.4 is 10.5 Å². The number of nitrogens with two attached hydrogens (primary N) is 1. The Hall–Kier alpha value is -1.42. The van der Waals surface area contributed by atoms with Crippen LogP contribution in [0.2, 0.25) is 0 Å². The molecular formula is C12H17NO3. The monoisotopic (exact) mass is 223 g/mol. The minimum atomic E-state index is 0.0736. The Kier molecular flexibility index (Phi) is 3.51. The number of phenolic OH excluding ortho intramolecular Hbond substituents is 1. The van der Waals surface area contributed by atoms with Gasteiger partial charge in [-0.3, -0.25) is 0 Å². The maximum atomic E-state index is 9.41. The van der Waals surface area contributed by atoms with Crippen molar-refractivity contribution in [2.75, 3.05) is 25.6 Å². The van der Waals surface area contributed by atoms with Crippen LogP contribution in [0.15, 0.2) is 18.2 Å². The highest BCUT2D eigenvalue weighted by Crippen LogP contribution is 2.30. The first-order valence-electron chi connectivity index (χ1n) is 5.55. The summed E-state index contributed by atoms with van der Waals surface area (Å²) in [6.07, 6.45) is 2.05. The molecule has 0 spiro atoms. The third-order valence-corrected chi connectivity index (χ3v) is 2.86. The molecule has 1 saturated heterocycles. The molecule has 1 heterocycles. The molecule has 1 aromatic rings. The number of hydrogen-bond acceptors (Lipinski definition) is 4. The molecule has 4 heteroatoms. The summed E-state index contributed by atoms with van der Waals surface area (Å²) in [6.45, 7) is 2.25. The fourth-order valence-corrected chi connectivity index (χ4v) is 1.78. The number of anilines is 1. The Labute approximate surface area is 95.0 Å². The first-order chi connectivity index (χ1) is 7.77. The first kappa shape index (κ1) is 11.1. The van der Waals surface area contributed by atoms with Gasteiger partial charge in [0.2, 0.25) is 0 Å². The van der Waals surface area contributed by atoms with Crippen molar-refractivity contribution in [3.05, 3.63) is 18.2 Å². The van der Waals surface area contributed by atoms with Gasteiger partial charge < -0.3 is 20.3 Å². The van der Waals surface area contributed by atoms with Gasteiger partial charge in [0.15, 0.2) is 0 Å². The van der Waals surface area contributed by atoms with E-state index in [9.17, 15) is 5.11 Å². The molecule has 0 atom stereocenters. The molecule has 16 heavy (non-hydrogen) atoms. The Bertz CT molecular complexity index is 348. The maximum Gasteiger partial charge on any atom is 0.146 e. The summed E-state index contributed by atoms with van der Waals surface area (Å²) in [5.41, 5.74) is 6.01. The number of benzene rings is 1. The lowest BCUT2D eigenvalue weighted by Crippen LogP contribution is -2.21. The Morgan fingerprint density at radius 2 is 2.12 bits per heavy atom. The smallest absolute Gasteiger partial charge is 0.146 e. The zero-order valence-corrected chi connectivity index (χ0v) is 9.19. The predicted octanol–water partition coefficient (Wildman–Crippen LogP) is 1.78. The van der Waals surface area contributed by atoms with E-state index in [1.54, 1.807) is 18.2 Å². The second-order valence-electron chi connectivity index (χ2n) is 4.06. The van der Waals surface area contributed by atoms with Crippen molar-refractivity contribution in [3.63, 3.8) is 0 Å². The summed E-state index contributed by atoms with van der Waals surface area (Å²) >= 11 is 0. The van der Waals surface area contributed by atoms with Crippen LogP contribution in [0.4, 0.5) is 5.69 Å². The molecule has 0 radical (unpaired) electrons. The van der Waals surface area contributed by atoms with Gasteiger partial charge in [0.05, 0.1) is 6.61 Å². The molecule has 1 aliphatic heterocycles.